The van der Waals surface area contributed by atoms with Gasteiger partial charge in [0.2, 0.25) is 0 Å². The number of halogens is 4. The molecule has 0 N–H and O–H groups in total. The monoisotopic (exact) mass is 351 g/mol. The number of rotatable bonds is 2. The van der Waals surface area contributed by atoms with E-state index < -0.39 is 17.7 Å². The zero-order valence-electron chi connectivity index (χ0n) is 13.0. The van der Waals surface area contributed by atoms with E-state index in [1.807, 2.05) is 11.0 Å². The van der Waals surface area contributed by atoms with Crippen LogP contribution in [0.2, 0.25) is 0 Å². The summed E-state index contributed by atoms with van der Waals surface area (Å²) in [5, 5.41) is 8.92. The van der Waals surface area contributed by atoms with Gasteiger partial charge in [0.15, 0.2) is 0 Å². The first-order chi connectivity index (χ1) is 11.9. The van der Waals surface area contributed by atoms with Crippen LogP contribution in [0.25, 0.3) is 0 Å². The first kappa shape index (κ1) is 17.0. The third-order valence-electron chi connectivity index (χ3n) is 3.92. The van der Waals surface area contributed by atoms with Crippen molar-refractivity contribution in [1.29, 1.82) is 5.26 Å². The molecular weight excluding hydrogens is 338 g/mol. The van der Waals surface area contributed by atoms with E-state index in [-0.39, 0.29) is 11.4 Å². The lowest BCUT2D eigenvalue weighted by Crippen LogP contribution is -2.47. The Kier molecular flexibility index (Phi) is 4.44. The van der Waals surface area contributed by atoms with Gasteiger partial charge >= 0.3 is 6.18 Å². The Morgan fingerprint density at radius 3 is 2.28 bits per heavy atom. The highest BCUT2D eigenvalue weighted by atomic mass is 19.4. The number of alkyl halides is 3. The summed E-state index contributed by atoms with van der Waals surface area (Å²) in [6, 6.07) is 6.90. The van der Waals surface area contributed by atoms with Crippen molar-refractivity contribution in [2.24, 2.45) is 0 Å². The van der Waals surface area contributed by atoms with Crippen molar-refractivity contribution in [3.63, 3.8) is 0 Å². The molecule has 1 aromatic heterocycles. The quantitative estimate of drug-likeness (QED) is 0.779. The van der Waals surface area contributed by atoms with Crippen LogP contribution in [0.15, 0.2) is 30.6 Å². The Bertz CT molecular complexity index is 807. The highest BCUT2D eigenvalue weighted by molar-refractivity contribution is 5.53. The molecule has 0 aliphatic carbocycles. The van der Waals surface area contributed by atoms with E-state index in [9.17, 15) is 17.6 Å². The normalized spacial score (nSPS) is 15.2. The second kappa shape index (κ2) is 6.55. The second-order valence-electron chi connectivity index (χ2n) is 5.54. The van der Waals surface area contributed by atoms with Crippen LogP contribution in [0.5, 0.6) is 0 Å². The van der Waals surface area contributed by atoms with Crippen molar-refractivity contribution in [2.75, 3.05) is 36.0 Å². The van der Waals surface area contributed by atoms with Gasteiger partial charge in [-0.2, -0.15) is 18.4 Å². The smallest absolute Gasteiger partial charge is 0.368 e. The van der Waals surface area contributed by atoms with E-state index >= 15 is 0 Å². The molecule has 1 fully saturated rings. The van der Waals surface area contributed by atoms with Crippen LogP contribution in [-0.4, -0.2) is 36.1 Å². The molecule has 1 aliphatic heterocycles. The maximum atomic E-state index is 13.6. The van der Waals surface area contributed by atoms with Gasteiger partial charge < -0.3 is 9.80 Å². The number of nitriles is 1. The Hall–Kier alpha value is -2.89. The summed E-state index contributed by atoms with van der Waals surface area (Å²) in [5.74, 6) is -0.291. The number of hydrogen-bond acceptors (Lipinski definition) is 5. The van der Waals surface area contributed by atoms with Crippen molar-refractivity contribution in [2.45, 2.75) is 6.18 Å². The molecule has 5 nitrogen and oxygen atoms in total. The molecule has 3 rings (SSSR count). The van der Waals surface area contributed by atoms with E-state index in [0.29, 0.717) is 31.9 Å². The molecule has 2 heterocycles. The number of anilines is 2. The molecule has 1 saturated heterocycles. The van der Waals surface area contributed by atoms with Crippen LogP contribution in [0.3, 0.4) is 0 Å². The zero-order valence-corrected chi connectivity index (χ0v) is 13.0. The Morgan fingerprint density at radius 1 is 0.960 bits per heavy atom. The van der Waals surface area contributed by atoms with Gasteiger partial charge in [0, 0.05) is 37.9 Å². The van der Waals surface area contributed by atoms with Crippen molar-refractivity contribution in [1.82, 2.24) is 9.97 Å². The standard InChI is InChI=1S/C16H13F4N5/c17-12-5-11(9-21)6-13(7-12)24-1-3-25(4-2-24)15-8-14(16(18,19)20)22-10-23-15/h5-8,10H,1-4H2. The number of nitrogens with zero attached hydrogens (tertiary/aromatic N) is 5. The summed E-state index contributed by atoms with van der Waals surface area (Å²) in [6.07, 6.45) is -3.62. The minimum atomic E-state index is -4.52. The van der Waals surface area contributed by atoms with Crippen molar-refractivity contribution in [3.8, 4) is 6.07 Å². The molecular formula is C16H13F4N5. The number of aromatic nitrogens is 2. The zero-order chi connectivity index (χ0) is 18.0. The largest absolute Gasteiger partial charge is 0.433 e. The highest BCUT2D eigenvalue weighted by Gasteiger charge is 2.33. The average molecular weight is 351 g/mol. The summed E-state index contributed by atoms with van der Waals surface area (Å²) in [4.78, 5) is 10.8. The van der Waals surface area contributed by atoms with Gasteiger partial charge in [-0.15, -0.1) is 0 Å². The van der Waals surface area contributed by atoms with Gasteiger partial charge in [-0.3, -0.25) is 0 Å². The summed E-state index contributed by atoms with van der Waals surface area (Å²) >= 11 is 0. The molecule has 25 heavy (non-hydrogen) atoms. The van der Waals surface area contributed by atoms with E-state index in [0.717, 1.165) is 18.5 Å². The lowest BCUT2D eigenvalue weighted by Gasteiger charge is -2.36. The van der Waals surface area contributed by atoms with Crippen LogP contribution in [0.4, 0.5) is 29.1 Å². The van der Waals surface area contributed by atoms with Crippen molar-refractivity contribution < 1.29 is 17.6 Å². The predicted molar refractivity (Wildman–Crippen MR) is 82.6 cm³/mol. The van der Waals surface area contributed by atoms with Gasteiger partial charge in [0.05, 0.1) is 11.6 Å². The fourth-order valence-electron chi connectivity index (χ4n) is 2.69. The molecule has 0 amide bonds. The molecule has 2 aromatic rings. The van der Waals surface area contributed by atoms with Crippen LogP contribution >= 0.6 is 0 Å². The van der Waals surface area contributed by atoms with E-state index in [1.54, 1.807) is 11.0 Å². The van der Waals surface area contributed by atoms with E-state index in [4.69, 9.17) is 5.26 Å². The lowest BCUT2D eigenvalue weighted by atomic mass is 10.1. The van der Waals surface area contributed by atoms with Crippen LogP contribution in [-0.2, 0) is 6.18 Å². The van der Waals surface area contributed by atoms with E-state index in [2.05, 4.69) is 9.97 Å². The average Bonchev–Trinajstić information content (AvgIpc) is 2.60. The minimum absolute atomic E-state index is 0.207. The molecule has 0 saturated carbocycles. The highest BCUT2D eigenvalue weighted by Crippen LogP contribution is 2.29. The molecule has 0 spiro atoms. The number of hydrogen-bond donors (Lipinski definition) is 0. The van der Waals surface area contributed by atoms with Crippen molar-refractivity contribution in [3.05, 3.63) is 47.7 Å². The van der Waals surface area contributed by atoms with E-state index in [1.165, 1.54) is 6.07 Å². The predicted octanol–water partition coefficient (Wildman–Crippen LogP) is 2.83. The van der Waals surface area contributed by atoms with Crippen LogP contribution in [0, 0.1) is 17.1 Å². The maximum Gasteiger partial charge on any atom is 0.433 e. The third-order valence-corrected chi connectivity index (χ3v) is 3.92. The third kappa shape index (κ3) is 3.79. The van der Waals surface area contributed by atoms with Crippen LogP contribution < -0.4 is 9.80 Å². The van der Waals surface area contributed by atoms with Gasteiger partial charge in [-0.05, 0) is 18.2 Å². The topological polar surface area (TPSA) is 56.1 Å². The Balaban J connectivity index is 1.72. The van der Waals surface area contributed by atoms with Gasteiger partial charge in [0.25, 0.3) is 0 Å². The van der Waals surface area contributed by atoms with Gasteiger partial charge in [0.1, 0.15) is 23.7 Å². The summed E-state index contributed by atoms with van der Waals surface area (Å²) in [6.45, 7) is 1.79. The molecule has 1 aliphatic rings. The summed E-state index contributed by atoms with van der Waals surface area (Å²) in [5.41, 5.74) is -0.179. The Labute approximate surface area is 141 Å². The number of piperazine rings is 1. The number of benzene rings is 1. The van der Waals surface area contributed by atoms with Gasteiger partial charge in [-0.25, -0.2) is 14.4 Å². The molecule has 0 unspecified atom stereocenters. The molecule has 0 atom stereocenters. The fourth-order valence-corrected chi connectivity index (χ4v) is 2.69. The van der Waals surface area contributed by atoms with Gasteiger partial charge in [-0.1, -0.05) is 0 Å². The first-order valence-electron chi connectivity index (χ1n) is 7.46. The fraction of sp³-hybridized carbons (Fsp3) is 0.312. The molecule has 9 heteroatoms. The van der Waals surface area contributed by atoms with Crippen molar-refractivity contribution >= 4 is 11.5 Å². The lowest BCUT2D eigenvalue weighted by molar-refractivity contribution is -0.141. The molecule has 130 valence electrons. The maximum absolute atomic E-state index is 13.6. The summed E-state index contributed by atoms with van der Waals surface area (Å²) < 4.78 is 51.8. The SMILES string of the molecule is N#Cc1cc(F)cc(N2CCN(c3cc(C(F)(F)F)ncn3)CC2)c1. The molecule has 0 radical (unpaired) electrons. The second-order valence-corrected chi connectivity index (χ2v) is 5.54. The minimum Gasteiger partial charge on any atom is -0.368 e. The summed E-state index contributed by atoms with van der Waals surface area (Å²) in [7, 11) is 0. The molecule has 0 bridgehead atoms. The van der Waals surface area contributed by atoms with Crippen LogP contribution in [0.1, 0.15) is 11.3 Å². The first-order valence-corrected chi connectivity index (χ1v) is 7.46. The molecule has 1 aromatic carbocycles. The Morgan fingerprint density at radius 2 is 1.64 bits per heavy atom.